The van der Waals surface area contributed by atoms with Gasteiger partial charge < -0.3 is 10.1 Å². The number of nitrogens with zero attached hydrogens (tertiary/aromatic N) is 3. The predicted molar refractivity (Wildman–Crippen MR) is 128 cm³/mol. The van der Waals surface area contributed by atoms with Crippen LogP contribution in [-0.2, 0) is 13.5 Å². The molecule has 186 valence electrons. The van der Waals surface area contributed by atoms with Gasteiger partial charge in [-0.3, -0.25) is 9.36 Å². The fraction of sp³-hybridized carbons (Fsp3) is 0.192. The van der Waals surface area contributed by atoms with Crippen molar-refractivity contribution in [3.8, 4) is 11.4 Å². The minimum absolute atomic E-state index is 0.104. The second-order valence-corrected chi connectivity index (χ2v) is 8.04. The van der Waals surface area contributed by atoms with Crippen LogP contribution in [0.25, 0.3) is 5.69 Å². The molecule has 10 heteroatoms. The number of halogens is 3. The lowest BCUT2D eigenvalue weighted by Gasteiger charge is -2.19. The zero-order valence-corrected chi connectivity index (χ0v) is 19.8. The zero-order chi connectivity index (χ0) is 26.0. The summed E-state index contributed by atoms with van der Waals surface area (Å²) in [4.78, 5) is 25.7. The van der Waals surface area contributed by atoms with E-state index in [1.807, 2.05) is 6.07 Å². The summed E-state index contributed by atoms with van der Waals surface area (Å²) in [6.45, 7) is 3.52. The van der Waals surface area contributed by atoms with Crippen LogP contribution in [0.15, 0.2) is 65.5 Å². The molecule has 0 aliphatic carbocycles. The monoisotopic (exact) mass is 496 g/mol. The van der Waals surface area contributed by atoms with E-state index in [1.54, 1.807) is 38.1 Å². The average molecular weight is 496 g/mol. The topological polar surface area (TPSA) is 78.2 Å². The van der Waals surface area contributed by atoms with Gasteiger partial charge in [0, 0.05) is 19.5 Å². The summed E-state index contributed by atoms with van der Waals surface area (Å²) in [5, 5.41) is 6.32. The van der Waals surface area contributed by atoms with Crippen molar-refractivity contribution in [2.24, 2.45) is 7.05 Å². The minimum Gasteiger partial charge on any atom is -0.485 e. The van der Waals surface area contributed by atoms with E-state index in [1.165, 1.54) is 17.7 Å². The molecule has 3 aromatic carbocycles. The smallest absolute Gasteiger partial charge is 0.350 e. The number of para-hydroxylation sites is 1. The van der Waals surface area contributed by atoms with Crippen LogP contribution < -0.4 is 15.7 Å². The van der Waals surface area contributed by atoms with Crippen molar-refractivity contribution in [1.29, 1.82) is 0 Å². The highest BCUT2D eigenvalue weighted by Crippen LogP contribution is 2.31. The van der Waals surface area contributed by atoms with Gasteiger partial charge in [-0.05, 0) is 30.7 Å². The van der Waals surface area contributed by atoms with Crippen molar-refractivity contribution < 1.29 is 22.7 Å². The van der Waals surface area contributed by atoms with Gasteiger partial charge in [0.1, 0.15) is 46.5 Å². The molecule has 1 amide bonds. The highest BCUT2D eigenvalue weighted by atomic mass is 19.1. The maximum atomic E-state index is 15.3. The zero-order valence-electron chi connectivity index (χ0n) is 19.8. The fourth-order valence-electron chi connectivity index (χ4n) is 3.70. The number of nitrogens with one attached hydrogen (secondary N) is 1. The molecule has 0 unspecified atom stereocenters. The van der Waals surface area contributed by atoms with Crippen molar-refractivity contribution in [2.75, 3.05) is 5.32 Å². The lowest BCUT2D eigenvalue weighted by molar-refractivity contribution is 0.101. The van der Waals surface area contributed by atoms with Crippen molar-refractivity contribution >= 4 is 11.6 Å². The van der Waals surface area contributed by atoms with Gasteiger partial charge >= 0.3 is 5.69 Å². The first-order valence-electron chi connectivity index (χ1n) is 11.2. The third-order valence-corrected chi connectivity index (χ3v) is 5.68. The van der Waals surface area contributed by atoms with Gasteiger partial charge in [0.25, 0.3) is 5.91 Å². The highest BCUT2D eigenvalue weighted by molar-refractivity contribution is 6.06. The van der Waals surface area contributed by atoms with Crippen molar-refractivity contribution in [1.82, 2.24) is 14.3 Å². The Morgan fingerprint density at radius 3 is 2.31 bits per heavy atom. The van der Waals surface area contributed by atoms with Crippen molar-refractivity contribution in [3.05, 3.63) is 106 Å². The molecule has 0 aliphatic heterocycles. The third kappa shape index (κ3) is 4.74. The second kappa shape index (κ2) is 10.1. The quantitative estimate of drug-likeness (QED) is 0.393. The number of ether oxygens (including phenoxy) is 1. The number of aryl methyl sites for hydroxylation is 1. The Labute approximate surface area is 204 Å². The molecule has 0 spiro atoms. The number of hydrogen-bond donors (Lipinski definition) is 1. The number of amides is 1. The second-order valence-electron chi connectivity index (χ2n) is 8.04. The van der Waals surface area contributed by atoms with Gasteiger partial charge in [0.05, 0.1) is 5.56 Å². The normalized spacial score (nSPS) is 11.8. The molecule has 1 N–H and O–H groups in total. The van der Waals surface area contributed by atoms with E-state index in [-0.39, 0.29) is 17.0 Å². The van der Waals surface area contributed by atoms with E-state index in [0.717, 1.165) is 34.5 Å². The number of benzene rings is 3. The average Bonchev–Trinajstić information content (AvgIpc) is 3.16. The molecule has 1 atom stereocenters. The van der Waals surface area contributed by atoms with Gasteiger partial charge in [-0.2, -0.15) is 4.68 Å². The summed E-state index contributed by atoms with van der Waals surface area (Å²) in [5.41, 5.74) is -1.06. The van der Waals surface area contributed by atoms with Gasteiger partial charge in [-0.15, -0.1) is 5.10 Å². The number of carbonyl (C=O) groups is 1. The molecule has 0 radical (unpaired) electrons. The molecule has 0 saturated carbocycles. The maximum absolute atomic E-state index is 15.3. The Balaban J connectivity index is 1.82. The Kier molecular flexibility index (Phi) is 6.96. The van der Waals surface area contributed by atoms with Crippen LogP contribution in [0.1, 0.15) is 41.7 Å². The summed E-state index contributed by atoms with van der Waals surface area (Å²) in [7, 11) is 1.52. The summed E-state index contributed by atoms with van der Waals surface area (Å²) < 4.78 is 51.7. The molecule has 4 aromatic rings. The van der Waals surface area contributed by atoms with Crippen LogP contribution in [0, 0.1) is 17.5 Å². The molecule has 0 saturated heterocycles. The minimum atomic E-state index is -0.998. The molecule has 0 bridgehead atoms. The molecule has 1 heterocycles. The van der Waals surface area contributed by atoms with E-state index in [4.69, 9.17) is 4.74 Å². The first kappa shape index (κ1) is 24.8. The number of anilines is 1. The third-order valence-electron chi connectivity index (χ3n) is 5.68. The lowest BCUT2D eigenvalue weighted by Crippen LogP contribution is -2.23. The van der Waals surface area contributed by atoms with E-state index in [2.05, 4.69) is 10.4 Å². The fourth-order valence-corrected chi connectivity index (χ4v) is 3.70. The first-order valence-corrected chi connectivity index (χ1v) is 11.2. The molecular formula is C26H23F3N4O3. The molecule has 1 aromatic heterocycles. The van der Waals surface area contributed by atoms with E-state index in [0.29, 0.717) is 12.2 Å². The molecule has 7 nitrogen and oxygen atoms in total. The molecule has 0 aliphatic rings. The SMILES string of the molecule is CCc1nn(-c2cc(O[C@@H](C)c3ccccc3)c(C(=O)Nc3c(F)cccc3F)cc2F)c(=O)n1C. The Morgan fingerprint density at radius 1 is 1.03 bits per heavy atom. The largest absolute Gasteiger partial charge is 0.485 e. The highest BCUT2D eigenvalue weighted by Gasteiger charge is 2.24. The van der Waals surface area contributed by atoms with E-state index < -0.39 is 40.8 Å². The van der Waals surface area contributed by atoms with Crippen LogP contribution in [0.5, 0.6) is 5.75 Å². The maximum Gasteiger partial charge on any atom is 0.350 e. The predicted octanol–water partition coefficient (Wildman–Crippen LogP) is 4.94. The number of hydrogen-bond acceptors (Lipinski definition) is 4. The summed E-state index contributed by atoms with van der Waals surface area (Å²) in [6.07, 6.45) is -0.156. The number of carbonyl (C=O) groups excluding carboxylic acids is 1. The van der Waals surface area contributed by atoms with E-state index in [9.17, 15) is 18.4 Å². The van der Waals surface area contributed by atoms with Crippen LogP contribution in [0.3, 0.4) is 0 Å². The van der Waals surface area contributed by atoms with Crippen molar-refractivity contribution in [3.63, 3.8) is 0 Å². The van der Waals surface area contributed by atoms with Crippen molar-refractivity contribution in [2.45, 2.75) is 26.4 Å². The first-order chi connectivity index (χ1) is 17.2. The van der Waals surface area contributed by atoms with Gasteiger partial charge in [-0.25, -0.2) is 18.0 Å². The Hall–Kier alpha value is -4.34. The van der Waals surface area contributed by atoms with Crippen LogP contribution in [-0.4, -0.2) is 20.3 Å². The van der Waals surface area contributed by atoms with Crippen LogP contribution in [0.2, 0.25) is 0 Å². The Bertz CT molecular complexity index is 1460. The van der Waals surface area contributed by atoms with Crippen LogP contribution in [0.4, 0.5) is 18.9 Å². The van der Waals surface area contributed by atoms with Gasteiger partial charge in [0.15, 0.2) is 0 Å². The summed E-state index contributed by atoms with van der Waals surface area (Å²) in [5.74, 6) is -3.61. The van der Waals surface area contributed by atoms with Gasteiger partial charge in [-0.1, -0.05) is 43.3 Å². The molecule has 4 rings (SSSR count). The lowest BCUT2D eigenvalue weighted by atomic mass is 10.1. The molecule has 36 heavy (non-hydrogen) atoms. The molecular weight excluding hydrogens is 473 g/mol. The summed E-state index contributed by atoms with van der Waals surface area (Å²) >= 11 is 0. The van der Waals surface area contributed by atoms with E-state index >= 15 is 4.39 Å². The van der Waals surface area contributed by atoms with Crippen LogP contribution >= 0.6 is 0 Å². The standard InChI is InChI=1S/C26H23F3N4O3/c1-4-23-31-33(26(35)32(23)3)21-14-22(36-15(2)16-9-6-5-7-10-16)17(13-20(21)29)25(34)30-24-18(27)11-8-12-19(24)28/h5-15H,4H2,1-3H3,(H,30,34)/t15-/m0/s1. The van der Waals surface area contributed by atoms with Gasteiger partial charge in [0.2, 0.25) is 0 Å². The number of aromatic nitrogens is 3. The number of rotatable bonds is 7. The Morgan fingerprint density at radius 2 is 1.69 bits per heavy atom. The summed E-state index contributed by atoms with van der Waals surface area (Å²) in [6, 6.07) is 14.2. The molecule has 0 fully saturated rings.